The van der Waals surface area contributed by atoms with E-state index in [0.29, 0.717) is 29.5 Å². The minimum atomic E-state index is -3.41. The first-order chi connectivity index (χ1) is 21.4. The second kappa shape index (κ2) is 14.9. The average Bonchev–Trinajstić information content (AvgIpc) is 3.00. The number of amides is 2. The summed E-state index contributed by atoms with van der Waals surface area (Å²) in [4.78, 5) is 22.2. The number of hydrogen-bond donors (Lipinski definition) is 2. The highest BCUT2D eigenvalue weighted by molar-refractivity contribution is 7.92. The van der Waals surface area contributed by atoms with Gasteiger partial charge in [0.15, 0.2) is 9.84 Å². The molecule has 11 nitrogen and oxygen atoms in total. The van der Waals surface area contributed by atoms with Crippen molar-refractivity contribution in [2.24, 2.45) is 0 Å². The van der Waals surface area contributed by atoms with Crippen LogP contribution in [0.3, 0.4) is 0 Å². The number of para-hydroxylation sites is 1. The summed E-state index contributed by atoms with van der Waals surface area (Å²) in [5.41, 5.74) is 2.66. The topological polar surface area (TPSA) is 138 Å². The van der Waals surface area contributed by atoms with Gasteiger partial charge in [-0.3, -0.25) is 14.5 Å². The maximum absolute atomic E-state index is 13.6. The van der Waals surface area contributed by atoms with Crippen LogP contribution >= 0.6 is 12.4 Å². The molecule has 0 radical (unpaired) electrons. The summed E-state index contributed by atoms with van der Waals surface area (Å²) < 4.78 is 55.0. The molecule has 2 heterocycles. The molecule has 0 spiro atoms. The Hall–Kier alpha value is -4.17. The van der Waals surface area contributed by atoms with E-state index in [1.54, 1.807) is 53.6 Å². The highest BCUT2D eigenvalue weighted by Gasteiger charge is 2.29. The second-order valence-corrected chi connectivity index (χ2v) is 14.7. The summed E-state index contributed by atoms with van der Waals surface area (Å²) in [6.07, 6.45) is 5.52. The van der Waals surface area contributed by atoms with E-state index in [1.165, 1.54) is 12.1 Å². The molecule has 5 rings (SSSR count). The molecule has 14 heteroatoms. The number of sulfone groups is 1. The lowest BCUT2D eigenvalue weighted by molar-refractivity contribution is 0.199. The quantitative estimate of drug-likeness (QED) is 0.215. The number of carbonyl (C=O) groups excluding carboxylic acids is 1. The van der Waals surface area contributed by atoms with Crippen molar-refractivity contribution in [2.45, 2.75) is 30.3 Å². The van der Waals surface area contributed by atoms with Gasteiger partial charge in [-0.05, 0) is 73.0 Å². The van der Waals surface area contributed by atoms with Gasteiger partial charge >= 0.3 is 6.03 Å². The van der Waals surface area contributed by atoms with Crippen LogP contribution in [0.15, 0.2) is 102 Å². The second-order valence-electron chi connectivity index (χ2n) is 10.9. The van der Waals surface area contributed by atoms with E-state index >= 15 is 0 Å². The van der Waals surface area contributed by atoms with Crippen LogP contribution in [0, 0.1) is 0 Å². The van der Waals surface area contributed by atoms with E-state index in [4.69, 9.17) is 4.74 Å². The molecule has 3 aromatic carbocycles. The van der Waals surface area contributed by atoms with E-state index in [0.717, 1.165) is 49.7 Å². The van der Waals surface area contributed by atoms with E-state index in [9.17, 15) is 21.6 Å². The lowest BCUT2D eigenvalue weighted by Crippen LogP contribution is -2.49. The maximum Gasteiger partial charge on any atom is 0.326 e. The molecule has 2 N–H and O–H groups in total. The predicted molar refractivity (Wildman–Crippen MR) is 182 cm³/mol. The zero-order valence-electron chi connectivity index (χ0n) is 25.4. The summed E-state index contributed by atoms with van der Waals surface area (Å²) in [6.45, 7) is 2.25. The average molecular weight is 686 g/mol. The largest absolute Gasteiger partial charge is 0.439 e. The number of ether oxygens (including phenoxy) is 1. The Bertz CT molecular complexity index is 1830. The third-order valence-corrected chi connectivity index (χ3v) is 8.99. The third-order valence-electron chi connectivity index (χ3n) is 7.27. The van der Waals surface area contributed by atoms with Crippen LogP contribution in [0.25, 0.3) is 0 Å². The zero-order valence-corrected chi connectivity index (χ0v) is 27.8. The number of nitrogens with zero attached hydrogens (tertiary/aromatic N) is 3. The van der Waals surface area contributed by atoms with Crippen molar-refractivity contribution in [3.8, 4) is 11.6 Å². The molecule has 0 unspecified atom stereocenters. The molecule has 2 amide bonds. The fourth-order valence-electron chi connectivity index (χ4n) is 5.16. The number of carbonyl (C=O) groups is 1. The Morgan fingerprint density at radius 1 is 0.891 bits per heavy atom. The third kappa shape index (κ3) is 9.66. The summed E-state index contributed by atoms with van der Waals surface area (Å²) >= 11 is 0. The zero-order chi connectivity index (χ0) is 32.0. The first kappa shape index (κ1) is 34.7. The van der Waals surface area contributed by atoms with Crippen LogP contribution in [0.2, 0.25) is 0 Å². The molecule has 244 valence electrons. The number of benzene rings is 3. The van der Waals surface area contributed by atoms with Crippen LogP contribution in [0.5, 0.6) is 11.6 Å². The number of piperidine rings is 1. The number of hydrogen-bond acceptors (Lipinski definition) is 8. The fraction of sp³-hybridized carbons (Fsp3) is 0.250. The van der Waals surface area contributed by atoms with E-state index < -0.39 is 19.9 Å². The van der Waals surface area contributed by atoms with Gasteiger partial charge in [0.1, 0.15) is 5.75 Å². The van der Waals surface area contributed by atoms with Gasteiger partial charge in [-0.2, -0.15) is 0 Å². The van der Waals surface area contributed by atoms with Crippen molar-refractivity contribution >= 4 is 55.4 Å². The Labute approximate surface area is 276 Å². The SMILES string of the molecule is CS(=O)(=O)Nc1ccc(Oc2ccc(CN3CCC(N(C(=O)Nc4cccc(S(C)(=O)=O)c4)c4ccccc4)CC3)cn2)cc1.Cl. The van der Waals surface area contributed by atoms with Crippen molar-refractivity contribution < 1.29 is 26.4 Å². The fourth-order valence-corrected chi connectivity index (χ4v) is 6.39. The van der Waals surface area contributed by atoms with Crippen LogP contribution in [-0.2, 0) is 26.4 Å². The van der Waals surface area contributed by atoms with Crippen molar-refractivity contribution in [3.63, 3.8) is 0 Å². The van der Waals surface area contributed by atoms with Gasteiger partial charge in [0.2, 0.25) is 15.9 Å². The molecule has 4 aromatic rings. The summed E-state index contributed by atoms with van der Waals surface area (Å²) in [5, 5.41) is 2.90. The van der Waals surface area contributed by atoms with Crippen LogP contribution in [-0.4, -0.2) is 64.4 Å². The molecule has 0 aliphatic carbocycles. The molecular weight excluding hydrogens is 650 g/mol. The van der Waals surface area contributed by atoms with Crippen LogP contribution in [0.1, 0.15) is 18.4 Å². The van der Waals surface area contributed by atoms with Gasteiger partial charge in [0.25, 0.3) is 0 Å². The first-order valence-corrected chi connectivity index (χ1v) is 18.1. The Balaban J connectivity index is 0.00000480. The van der Waals surface area contributed by atoms with Gasteiger partial charge in [0.05, 0.1) is 11.2 Å². The van der Waals surface area contributed by atoms with E-state index in [-0.39, 0.29) is 29.4 Å². The van der Waals surface area contributed by atoms with E-state index in [2.05, 4.69) is 19.9 Å². The number of nitrogens with one attached hydrogen (secondary N) is 2. The van der Waals surface area contributed by atoms with Gasteiger partial charge in [0, 0.05) is 61.3 Å². The minimum Gasteiger partial charge on any atom is -0.439 e. The monoisotopic (exact) mass is 685 g/mol. The van der Waals surface area contributed by atoms with Crippen molar-refractivity contribution in [2.75, 3.05) is 40.5 Å². The van der Waals surface area contributed by atoms with Crippen LogP contribution in [0.4, 0.5) is 21.9 Å². The number of rotatable bonds is 10. The lowest BCUT2D eigenvalue weighted by Gasteiger charge is -2.38. The number of anilines is 3. The first-order valence-electron chi connectivity index (χ1n) is 14.3. The molecule has 1 fully saturated rings. The van der Waals surface area contributed by atoms with Crippen LogP contribution < -0.4 is 19.7 Å². The Kier molecular flexibility index (Phi) is 11.3. The van der Waals surface area contributed by atoms with Crippen molar-refractivity contribution in [1.82, 2.24) is 9.88 Å². The predicted octanol–water partition coefficient (Wildman–Crippen LogP) is 5.77. The molecule has 1 aliphatic heterocycles. The summed E-state index contributed by atoms with van der Waals surface area (Å²) in [6, 6.07) is 25.7. The molecule has 0 atom stereocenters. The number of pyridine rings is 1. The minimum absolute atomic E-state index is 0. The molecule has 1 saturated heterocycles. The molecule has 0 saturated carbocycles. The lowest BCUT2D eigenvalue weighted by atomic mass is 10.0. The molecule has 0 bridgehead atoms. The van der Waals surface area contributed by atoms with Gasteiger partial charge in [-0.15, -0.1) is 12.4 Å². The van der Waals surface area contributed by atoms with Gasteiger partial charge in [-0.25, -0.2) is 26.6 Å². The number of likely N-dealkylation sites (tertiary alicyclic amines) is 1. The number of halogens is 1. The Morgan fingerprint density at radius 3 is 2.20 bits per heavy atom. The number of sulfonamides is 1. The number of aromatic nitrogens is 1. The molecule has 1 aromatic heterocycles. The highest BCUT2D eigenvalue weighted by atomic mass is 35.5. The van der Waals surface area contributed by atoms with Crippen molar-refractivity contribution in [1.29, 1.82) is 0 Å². The van der Waals surface area contributed by atoms with E-state index in [1.807, 2.05) is 36.4 Å². The molecule has 46 heavy (non-hydrogen) atoms. The standard InChI is InChI=1S/C32H35N5O6S2.ClH/c1-44(39,40)30-10-6-7-26(21-30)34-32(38)37(27-8-4-3-5-9-27)28-17-19-36(20-18-28)23-24-11-16-31(33-22-24)43-29-14-12-25(13-15-29)35-45(2,41)42;/h3-16,21-22,28,35H,17-20,23H2,1-2H3,(H,34,38);1H. The van der Waals surface area contributed by atoms with Crippen molar-refractivity contribution in [3.05, 3.63) is 103 Å². The molecule has 1 aliphatic rings. The summed E-state index contributed by atoms with van der Waals surface area (Å²) in [5.74, 6) is 0.958. The van der Waals surface area contributed by atoms with Gasteiger partial charge < -0.3 is 10.1 Å². The van der Waals surface area contributed by atoms with Gasteiger partial charge in [-0.1, -0.05) is 30.3 Å². The smallest absolute Gasteiger partial charge is 0.326 e. The summed E-state index contributed by atoms with van der Waals surface area (Å²) in [7, 11) is -6.76. The Morgan fingerprint density at radius 2 is 1.59 bits per heavy atom. The normalized spacial score (nSPS) is 14.1. The maximum atomic E-state index is 13.6. The number of urea groups is 1. The highest BCUT2D eigenvalue weighted by Crippen LogP contribution is 2.27. The molecular formula is C32H36ClN5O6S2.